The molecule has 0 amide bonds. The van der Waals surface area contributed by atoms with Crippen LogP contribution in [0.3, 0.4) is 0 Å². The number of ketones is 2. The fraction of sp³-hybridized carbons (Fsp3) is 0.828. The second-order valence-corrected chi connectivity index (χ2v) is 12.2. The van der Waals surface area contributed by atoms with Crippen LogP contribution >= 0.6 is 0 Å². The van der Waals surface area contributed by atoms with Crippen LogP contribution in [0.25, 0.3) is 0 Å². The number of esters is 1. The van der Waals surface area contributed by atoms with E-state index in [4.69, 9.17) is 4.74 Å². The van der Waals surface area contributed by atoms with Gasteiger partial charge < -0.3 is 4.74 Å². The summed E-state index contributed by atoms with van der Waals surface area (Å²) in [5.41, 5.74) is 0.491. The van der Waals surface area contributed by atoms with E-state index in [0.717, 1.165) is 44.9 Å². The lowest BCUT2D eigenvalue weighted by Gasteiger charge is -2.54. The predicted octanol–water partition coefficient (Wildman–Crippen LogP) is 6.61. The van der Waals surface area contributed by atoms with Crippen molar-refractivity contribution in [2.24, 2.45) is 35.0 Å². The lowest BCUT2D eigenvalue weighted by atomic mass is 9.51. The Morgan fingerprint density at radius 2 is 1.76 bits per heavy atom. The minimum Gasteiger partial charge on any atom is -0.451 e. The molecule has 0 heterocycles. The largest absolute Gasteiger partial charge is 0.451 e. The van der Waals surface area contributed by atoms with Crippen molar-refractivity contribution in [3.8, 4) is 0 Å². The number of hydrogen-bond acceptors (Lipinski definition) is 4. The molecule has 4 aliphatic rings. The molecule has 0 aromatic heterocycles. The average molecular weight is 457 g/mol. The van der Waals surface area contributed by atoms with Gasteiger partial charge in [-0.3, -0.25) is 14.4 Å². The molecule has 0 spiro atoms. The van der Waals surface area contributed by atoms with Gasteiger partial charge in [-0.1, -0.05) is 39.2 Å². The number of carbonyl (C=O) groups excluding carboxylic acids is 3. The molecule has 0 unspecified atom stereocenters. The highest BCUT2D eigenvalue weighted by Crippen LogP contribution is 2.58. The van der Waals surface area contributed by atoms with E-state index in [1.165, 1.54) is 18.4 Å². The molecule has 0 bridgehead atoms. The van der Waals surface area contributed by atoms with Crippen molar-refractivity contribution in [2.75, 3.05) is 0 Å². The Morgan fingerprint density at radius 1 is 1.03 bits per heavy atom. The lowest BCUT2D eigenvalue weighted by Crippen LogP contribution is -2.46. The van der Waals surface area contributed by atoms with Gasteiger partial charge in [0.15, 0.2) is 17.2 Å². The topological polar surface area (TPSA) is 60.4 Å². The van der Waals surface area contributed by atoms with E-state index in [2.05, 4.69) is 20.8 Å². The molecule has 184 valence electrons. The predicted molar refractivity (Wildman–Crippen MR) is 130 cm³/mol. The Hall–Kier alpha value is -1.45. The van der Waals surface area contributed by atoms with Gasteiger partial charge in [-0.25, -0.2) is 0 Å². The monoisotopic (exact) mass is 456 g/mol. The normalized spacial score (nSPS) is 40.0. The molecule has 0 saturated heterocycles. The zero-order chi connectivity index (χ0) is 23.8. The molecule has 3 fully saturated rings. The molecule has 3 saturated carbocycles. The highest BCUT2D eigenvalue weighted by atomic mass is 16.6. The average Bonchev–Trinajstić information content (AvgIpc) is 3.28. The standard InChI is InChI=1S/C29H44O4/c1-19-11-15-29(21(3)30,33-27(32)17-22-8-5-6-9-22)13-7-10-25-24(19)16-20(2)26-18-23(31)12-14-28(25,26)4/h18-20,22,24-25H,5-17H2,1-4H3/t19-,20-,24-,25-,28+,29-/m0/s1. The number of Topliss-reactive ketones (excluding diaryl/α,β-unsaturated/α-hetero) is 1. The summed E-state index contributed by atoms with van der Waals surface area (Å²) >= 11 is 0. The Morgan fingerprint density at radius 3 is 2.45 bits per heavy atom. The summed E-state index contributed by atoms with van der Waals surface area (Å²) < 4.78 is 6.12. The van der Waals surface area contributed by atoms with Crippen LogP contribution in [0.5, 0.6) is 0 Å². The molecule has 4 rings (SSSR count). The minimum absolute atomic E-state index is 0.0165. The van der Waals surface area contributed by atoms with E-state index in [1.807, 2.05) is 6.08 Å². The number of hydrogen-bond donors (Lipinski definition) is 0. The second kappa shape index (κ2) is 9.66. The first-order valence-electron chi connectivity index (χ1n) is 13.6. The number of allylic oxidation sites excluding steroid dienone is 2. The van der Waals surface area contributed by atoms with Gasteiger partial charge in [0.05, 0.1) is 0 Å². The quantitative estimate of drug-likeness (QED) is 0.447. The maximum Gasteiger partial charge on any atom is 0.307 e. The smallest absolute Gasteiger partial charge is 0.307 e. The molecule has 4 aliphatic carbocycles. The van der Waals surface area contributed by atoms with Gasteiger partial charge in [-0.2, -0.15) is 0 Å². The third-order valence-electron chi connectivity index (χ3n) is 10.1. The number of ether oxygens (including phenoxy) is 1. The highest BCUT2D eigenvalue weighted by molar-refractivity contribution is 5.91. The van der Waals surface area contributed by atoms with E-state index < -0.39 is 5.60 Å². The number of carbonyl (C=O) groups is 3. The van der Waals surface area contributed by atoms with Crippen LogP contribution in [0.2, 0.25) is 0 Å². The van der Waals surface area contributed by atoms with E-state index in [0.29, 0.717) is 55.3 Å². The molecule has 0 N–H and O–H groups in total. The van der Waals surface area contributed by atoms with Crippen LogP contribution in [0.15, 0.2) is 11.6 Å². The summed E-state index contributed by atoms with van der Waals surface area (Å²) in [5, 5.41) is 0. The van der Waals surface area contributed by atoms with Crippen LogP contribution in [0.1, 0.15) is 111 Å². The summed E-state index contributed by atoms with van der Waals surface area (Å²) in [6.07, 6.45) is 13.9. The zero-order valence-corrected chi connectivity index (χ0v) is 21.3. The summed E-state index contributed by atoms with van der Waals surface area (Å²) in [6.45, 7) is 8.65. The van der Waals surface area contributed by atoms with Crippen molar-refractivity contribution >= 4 is 17.5 Å². The highest BCUT2D eigenvalue weighted by Gasteiger charge is 2.51. The first-order valence-corrected chi connectivity index (χ1v) is 13.6. The van der Waals surface area contributed by atoms with Crippen molar-refractivity contribution in [3.05, 3.63) is 11.6 Å². The van der Waals surface area contributed by atoms with E-state index >= 15 is 0 Å². The minimum atomic E-state index is -0.953. The Labute approximate surface area is 200 Å². The fourth-order valence-corrected chi connectivity index (χ4v) is 8.02. The van der Waals surface area contributed by atoms with Crippen LogP contribution in [0, 0.1) is 35.0 Å². The van der Waals surface area contributed by atoms with Gasteiger partial charge in [0.1, 0.15) is 0 Å². The van der Waals surface area contributed by atoms with Crippen molar-refractivity contribution in [1.29, 1.82) is 0 Å². The SMILES string of the molecule is CC(=O)[C@]1(OC(=O)CC2CCCC2)CCC[C@H]2[C@@H](C[C@H](C)C3=CC(=O)CC[C@@]32C)[C@@H](C)CC1. The van der Waals surface area contributed by atoms with Crippen LogP contribution in [0.4, 0.5) is 0 Å². The van der Waals surface area contributed by atoms with Crippen molar-refractivity contribution in [2.45, 2.75) is 117 Å². The molecule has 6 atom stereocenters. The van der Waals surface area contributed by atoms with Gasteiger partial charge >= 0.3 is 5.97 Å². The number of rotatable bonds is 4. The van der Waals surface area contributed by atoms with Gasteiger partial charge in [0, 0.05) is 12.8 Å². The van der Waals surface area contributed by atoms with Gasteiger partial charge in [0.25, 0.3) is 0 Å². The fourth-order valence-electron chi connectivity index (χ4n) is 8.02. The third kappa shape index (κ3) is 4.86. The van der Waals surface area contributed by atoms with E-state index in [9.17, 15) is 14.4 Å². The summed E-state index contributed by atoms with van der Waals surface area (Å²) in [6, 6.07) is 0. The van der Waals surface area contributed by atoms with Crippen molar-refractivity contribution in [3.63, 3.8) is 0 Å². The Kier molecular flexibility index (Phi) is 7.22. The molecule has 4 nitrogen and oxygen atoms in total. The third-order valence-corrected chi connectivity index (χ3v) is 10.1. The van der Waals surface area contributed by atoms with E-state index in [1.54, 1.807) is 6.92 Å². The van der Waals surface area contributed by atoms with Gasteiger partial charge in [0.2, 0.25) is 0 Å². The first kappa shape index (κ1) is 24.7. The lowest BCUT2D eigenvalue weighted by molar-refractivity contribution is -0.170. The molecule has 0 aliphatic heterocycles. The summed E-state index contributed by atoms with van der Waals surface area (Å²) in [5.74, 6) is 2.59. The summed E-state index contributed by atoms with van der Waals surface area (Å²) in [4.78, 5) is 38.1. The van der Waals surface area contributed by atoms with Crippen LogP contribution in [-0.2, 0) is 19.1 Å². The van der Waals surface area contributed by atoms with E-state index in [-0.39, 0.29) is 23.0 Å². The summed E-state index contributed by atoms with van der Waals surface area (Å²) in [7, 11) is 0. The first-order chi connectivity index (χ1) is 15.6. The molecule has 4 heteroatoms. The molecular weight excluding hydrogens is 412 g/mol. The van der Waals surface area contributed by atoms with Crippen LogP contribution in [-0.4, -0.2) is 23.1 Å². The maximum atomic E-state index is 12.9. The Balaban J connectivity index is 1.55. The zero-order valence-electron chi connectivity index (χ0n) is 21.3. The van der Waals surface area contributed by atoms with Gasteiger partial charge in [-0.05, 0) is 106 Å². The molecule has 33 heavy (non-hydrogen) atoms. The molecule has 0 aromatic rings. The second-order valence-electron chi connectivity index (χ2n) is 12.2. The van der Waals surface area contributed by atoms with Crippen molar-refractivity contribution in [1.82, 2.24) is 0 Å². The van der Waals surface area contributed by atoms with Crippen LogP contribution < -0.4 is 0 Å². The maximum absolute atomic E-state index is 12.9. The number of fused-ring (bicyclic) bond motifs is 3. The Bertz CT molecular complexity index is 806. The molecule has 0 radical (unpaired) electrons. The van der Waals surface area contributed by atoms with Gasteiger partial charge in [-0.15, -0.1) is 0 Å². The molecular formula is C29H44O4. The van der Waals surface area contributed by atoms with Crippen molar-refractivity contribution < 1.29 is 19.1 Å². The molecule has 0 aromatic carbocycles.